The standard InChI is InChI=1S/C26H44B3N2O8/c1-21(2)22(3,4)35-27(34-21)18-15-14-17(30-20(32)33-13)16-19(18)31-29(38-25(9,10)26(11,12)39-29)28-36-23(5,6)24(7,8)37-28/h14-16,31H,1-13H3,(H,30,32)/q-1. The molecule has 0 atom stereocenters. The Kier molecular flexibility index (Phi) is 7.07. The smallest absolute Gasteiger partial charge is 0.496 e. The number of methoxy groups -OCH3 is 1. The van der Waals surface area contributed by atoms with Crippen LogP contribution >= 0.6 is 0 Å². The van der Waals surface area contributed by atoms with Crippen LogP contribution in [0.5, 0.6) is 0 Å². The molecule has 1 amide bonds. The second-order valence-electron chi connectivity index (χ2n) is 13.8. The third kappa shape index (κ3) is 5.11. The molecule has 4 rings (SSSR count). The van der Waals surface area contributed by atoms with E-state index in [2.05, 4.69) is 10.5 Å². The molecule has 3 aliphatic rings. The van der Waals surface area contributed by atoms with Crippen molar-refractivity contribution in [2.24, 2.45) is 0 Å². The summed E-state index contributed by atoms with van der Waals surface area (Å²) < 4.78 is 44.1. The van der Waals surface area contributed by atoms with Crippen molar-refractivity contribution in [3.63, 3.8) is 0 Å². The molecule has 0 spiro atoms. The van der Waals surface area contributed by atoms with Crippen LogP contribution in [0.1, 0.15) is 83.1 Å². The second-order valence-corrected chi connectivity index (χ2v) is 13.8. The van der Waals surface area contributed by atoms with E-state index in [-0.39, 0.29) is 0 Å². The first-order valence-corrected chi connectivity index (χ1v) is 13.6. The molecule has 1 aromatic carbocycles. The lowest BCUT2D eigenvalue weighted by Crippen LogP contribution is -2.63. The first kappa shape index (κ1) is 30.2. The quantitative estimate of drug-likeness (QED) is 0.525. The molecule has 1 aromatic rings. The van der Waals surface area contributed by atoms with Crippen molar-refractivity contribution in [2.45, 2.75) is 117 Å². The van der Waals surface area contributed by atoms with Crippen LogP contribution in [0.4, 0.5) is 16.2 Å². The molecular formula is C26H44B3N2O8-. The second kappa shape index (κ2) is 9.12. The van der Waals surface area contributed by atoms with Crippen LogP contribution < -0.4 is 16.0 Å². The van der Waals surface area contributed by atoms with Gasteiger partial charge in [0.2, 0.25) is 0 Å². The summed E-state index contributed by atoms with van der Waals surface area (Å²) in [5.74, 6) is 0. The fraction of sp³-hybridized carbons (Fsp3) is 0.731. The van der Waals surface area contributed by atoms with Gasteiger partial charge in [-0.05, 0) is 101 Å². The zero-order valence-electron chi connectivity index (χ0n) is 25.7. The van der Waals surface area contributed by atoms with Crippen LogP contribution in [-0.4, -0.2) is 67.5 Å². The molecule has 3 fully saturated rings. The Morgan fingerprint density at radius 1 is 0.744 bits per heavy atom. The van der Waals surface area contributed by atoms with E-state index in [9.17, 15) is 4.79 Å². The van der Waals surface area contributed by atoms with Crippen LogP contribution in [0.2, 0.25) is 0 Å². The van der Waals surface area contributed by atoms with Crippen molar-refractivity contribution >= 4 is 43.6 Å². The van der Waals surface area contributed by atoms with Gasteiger partial charge in [0.15, 0.2) is 0 Å². The summed E-state index contributed by atoms with van der Waals surface area (Å²) in [7, 11) is -0.258. The number of benzene rings is 1. The Hall–Kier alpha value is -1.76. The van der Waals surface area contributed by atoms with E-state index >= 15 is 0 Å². The number of hydrogen-bond acceptors (Lipinski definition) is 9. The van der Waals surface area contributed by atoms with E-state index in [1.165, 1.54) is 7.11 Å². The molecule has 10 nitrogen and oxygen atoms in total. The van der Waals surface area contributed by atoms with Crippen molar-refractivity contribution in [3.05, 3.63) is 18.2 Å². The van der Waals surface area contributed by atoms with Gasteiger partial charge in [0.1, 0.15) is 0 Å². The van der Waals surface area contributed by atoms with Crippen molar-refractivity contribution in [1.82, 2.24) is 0 Å². The lowest BCUT2D eigenvalue weighted by molar-refractivity contribution is 0.00578. The van der Waals surface area contributed by atoms with Gasteiger partial charge >= 0.3 is 26.8 Å². The maximum atomic E-state index is 12.0. The summed E-state index contributed by atoms with van der Waals surface area (Å²) in [6, 6.07) is 5.38. The zero-order valence-corrected chi connectivity index (χ0v) is 25.7. The van der Waals surface area contributed by atoms with Crippen molar-refractivity contribution in [2.75, 3.05) is 17.7 Å². The molecular weight excluding hydrogens is 501 g/mol. The Morgan fingerprint density at radius 3 is 1.67 bits per heavy atom. The first-order valence-electron chi connectivity index (χ1n) is 13.6. The number of carbonyl (C=O) groups excluding carboxylic acids is 1. The van der Waals surface area contributed by atoms with Crippen LogP contribution in [0, 0.1) is 0 Å². The van der Waals surface area contributed by atoms with E-state index in [0.29, 0.717) is 16.8 Å². The average molecular weight is 545 g/mol. The van der Waals surface area contributed by atoms with E-state index in [4.69, 9.17) is 32.7 Å². The number of anilines is 2. The number of rotatable bonds is 5. The molecule has 13 heteroatoms. The molecule has 0 radical (unpaired) electrons. The third-order valence-electron chi connectivity index (χ3n) is 9.37. The molecule has 2 N–H and O–H groups in total. The maximum absolute atomic E-state index is 12.0. The Balaban J connectivity index is 1.82. The molecule has 0 bridgehead atoms. The van der Waals surface area contributed by atoms with E-state index in [1.54, 1.807) is 12.1 Å². The topological polar surface area (TPSA) is 106 Å². The summed E-state index contributed by atoms with van der Waals surface area (Å²) in [5.41, 5.74) is -1.98. The van der Waals surface area contributed by atoms with E-state index in [0.717, 1.165) is 0 Å². The molecule has 0 aromatic heterocycles. The summed E-state index contributed by atoms with van der Waals surface area (Å²) in [5, 5.41) is 6.26. The van der Waals surface area contributed by atoms with Gasteiger partial charge < -0.3 is 37.9 Å². The van der Waals surface area contributed by atoms with Crippen molar-refractivity contribution < 1.29 is 37.5 Å². The Labute approximate surface area is 233 Å². The molecule has 3 saturated heterocycles. The monoisotopic (exact) mass is 545 g/mol. The van der Waals surface area contributed by atoms with E-state index < -0.39 is 60.4 Å². The normalized spacial score (nSPS) is 26.9. The summed E-state index contributed by atoms with van der Waals surface area (Å²) in [6.07, 6.45) is -0.592. The Bertz CT molecular complexity index is 1090. The Morgan fingerprint density at radius 2 is 1.21 bits per heavy atom. The summed E-state index contributed by atoms with van der Waals surface area (Å²) in [4.78, 5) is 12.0. The van der Waals surface area contributed by atoms with Crippen molar-refractivity contribution in [1.29, 1.82) is 0 Å². The van der Waals surface area contributed by atoms with Crippen LogP contribution in [0.3, 0.4) is 0 Å². The highest BCUT2D eigenvalue weighted by Crippen LogP contribution is 2.48. The van der Waals surface area contributed by atoms with Crippen molar-refractivity contribution in [3.8, 4) is 0 Å². The minimum atomic E-state index is -2.46. The molecule has 216 valence electrons. The minimum Gasteiger partial charge on any atom is -0.546 e. The largest absolute Gasteiger partial charge is 0.546 e. The lowest BCUT2D eigenvalue weighted by atomic mass is 9.37. The maximum Gasteiger partial charge on any atom is 0.496 e. The van der Waals surface area contributed by atoms with Gasteiger partial charge in [0, 0.05) is 22.4 Å². The van der Waals surface area contributed by atoms with Crippen LogP contribution in [0.15, 0.2) is 18.2 Å². The lowest BCUT2D eigenvalue weighted by Gasteiger charge is -2.41. The highest BCUT2D eigenvalue weighted by atomic mass is 16.7. The van der Waals surface area contributed by atoms with E-state index in [1.807, 2.05) is 89.2 Å². The van der Waals surface area contributed by atoms with Gasteiger partial charge in [-0.25, -0.2) is 4.79 Å². The van der Waals surface area contributed by atoms with Crippen LogP contribution in [-0.2, 0) is 32.7 Å². The highest BCUT2D eigenvalue weighted by Gasteiger charge is 2.64. The molecule has 0 saturated carbocycles. The average Bonchev–Trinajstić information content (AvgIpc) is 3.20. The minimum absolute atomic E-state index is 0.501. The van der Waals surface area contributed by atoms with Gasteiger partial charge in [-0.15, -0.1) is 0 Å². The van der Waals surface area contributed by atoms with Gasteiger partial charge in [0.25, 0.3) is 0 Å². The van der Waals surface area contributed by atoms with Gasteiger partial charge in [-0.2, -0.15) is 0 Å². The fourth-order valence-electron chi connectivity index (χ4n) is 4.81. The fourth-order valence-corrected chi connectivity index (χ4v) is 4.81. The SMILES string of the molecule is COC(=O)Nc1ccc(B2OC(C)(C)C(C)(C)O2)c(N[B-]2(B3OC(C)(C)C(C)(C)O3)OC(C)(C)C(C)(C)O2)c1. The number of ether oxygens (including phenoxy) is 1. The first-order chi connectivity index (χ1) is 17.6. The molecule has 0 aliphatic carbocycles. The van der Waals surface area contributed by atoms with Gasteiger partial charge in [-0.1, -0.05) is 6.07 Å². The predicted octanol–water partition coefficient (Wildman–Crippen LogP) is 4.29. The zero-order chi connectivity index (χ0) is 29.4. The summed E-state index contributed by atoms with van der Waals surface area (Å²) >= 11 is 0. The third-order valence-corrected chi connectivity index (χ3v) is 9.37. The van der Waals surface area contributed by atoms with Crippen LogP contribution in [0.25, 0.3) is 0 Å². The van der Waals surface area contributed by atoms with Gasteiger partial charge in [0.05, 0.1) is 29.5 Å². The van der Waals surface area contributed by atoms with Gasteiger partial charge in [-0.3, -0.25) is 5.32 Å². The summed E-state index contributed by atoms with van der Waals surface area (Å²) in [6.45, 7) is 21.4. The molecule has 39 heavy (non-hydrogen) atoms. The molecule has 0 unspecified atom stereocenters. The number of nitrogens with one attached hydrogen (secondary N) is 2. The number of amides is 1. The predicted molar refractivity (Wildman–Crippen MR) is 154 cm³/mol. The molecule has 3 heterocycles. The number of hydrogen-bond donors (Lipinski definition) is 2. The highest BCUT2D eigenvalue weighted by molar-refractivity contribution is 7.24. The number of carbonyl (C=O) groups is 1. The molecule has 3 aliphatic heterocycles.